The number of nitrogens with one attached hydrogen (secondary N) is 1. The van der Waals surface area contributed by atoms with Crippen LogP contribution >= 0.6 is 11.3 Å². The normalized spacial score (nSPS) is 10.4. The maximum atomic E-state index is 12.8. The summed E-state index contributed by atoms with van der Waals surface area (Å²) in [6.07, 6.45) is 0. The summed E-state index contributed by atoms with van der Waals surface area (Å²) in [6, 6.07) is 9.81. The van der Waals surface area contributed by atoms with Crippen molar-refractivity contribution in [3.05, 3.63) is 52.5 Å². The van der Waals surface area contributed by atoms with Crippen LogP contribution in [-0.4, -0.2) is 43.3 Å². The summed E-state index contributed by atoms with van der Waals surface area (Å²) in [6.45, 7) is 1.72. The van der Waals surface area contributed by atoms with Gasteiger partial charge in [-0.05, 0) is 37.3 Å². The first-order valence-electron chi connectivity index (χ1n) is 8.81. The van der Waals surface area contributed by atoms with Crippen molar-refractivity contribution < 1.29 is 28.9 Å². The number of rotatable bonds is 6. The molecule has 0 aliphatic carbocycles. The predicted molar refractivity (Wildman–Crippen MR) is 113 cm³/mol. The van der Waals surface area contributed by atoms with Gasteiger partial charge in [0.1, 0.15) is 15.4 Å². The fraction of sp³-hybridized carbons (Fsp3) is 0.190. The van der Waals surface area contributed by atoms with Gasteiger partial charge in [-0.2, -0.15) is 0 Å². The number of aryl methyl sites for hydroxylation is 1. The minimum absolute atomic E-state index is 0.0395. The SMILES string of the molecule is COC(=O)c1cccc(NC(=O)c2sc(-c3ccc(OC)c(OC)c3)nc2C)c1O. The molecule has 0 aliphatic heterocycles. The summed E-state index contributed by atoms with van der Waals surface area (Å²) in [7, 11) is 4.31. The van der Waals surface area contributed by atoms with E-state index < -0.39 is 11.9 Å². The molecule has 1 amide bonds. The van der Waals surface area contributed by atoms with Gasteiger partial charge in [-0.15, -0.1) is 11.3 Å². The quantitative estimate of drug-likeness (QED) is 0.453. The van der Waals surface area contributed by atoms with Crippen molar-refractivity contribution in [2.75, 3.05) is 26.6 Å². The number of benzene rings is 2. The number of hydrogen-bond donors (Lipinski definition) is 2. The van der Waals surface area contributed by atoms with Crippen LogP contribution in [0.25, 0.3) is 10.6 Å². The molecule has 2 N–H and O–H groups in total. The zero-order valence-corrected chi connectivity index (χ0v) is 17.6. The molecule has 8 nitrogen and oxygen atoms in total. The topological polar surface area (TPSA) is 107 Å². The van der Waals surface area contributed by atoms with Gasteiger partial charge >= 0.3 is 5.97 Å². The largest absolute Gasteiger partial charge is 0.505 e. The summed E-state index contributed by atoms with van der Waals surface area (Å²) in [4.78, 5) is 29.4. The smallest absolute Gasteiger partial charge is 0.341 e. The first-order valence-corrected chi connectivity index (χ1v) is 9.62. The van der Waals surface area contributed by atoms with E-state index in [9.17, 15) is 14.7 Å². The number of carbonyl (C=O) groups is 2. The minimum atomic E-state index is -0.701. The average Bonchev–Trinajstić information content (AvgIpc) is 3.15. The Labute approximate surface area is 177 Å². The van der Waals surface area contributed by atoms with E-state index >= 15 is 0 Å². The maximum absolute atomic E-state index is 12.8. The Bertz CT molecular complexity index is 1110. The number of phenols is 1. The third kappa shape index (κ3) is 4.06. The van der Waals surface area contributed by atoms with E-state index in [1.807, 2.05) is 6.07 Å². The zero-order chi connectivity index (χ0) is 21.8. The van der Waals surface area contributed by atoms with Gasteiger partial charge < -0.3 is 24.6 Å². The summed E-state index contributed by atoms with van der Waals surface area (Å²) >= 11 is 1.20. The fourth-order valence-corrected chi connectivity index (χ4v) is 3.76. The van der Waals surface area contributed by atoms with Crippen LogP contribution in [0.1, 0.15) is 25.7 Å². The van der Waals surface area contributed by atoms with Crippen molar-refractivity contribution in [3.63, 3.8) is 0 Å². The maximum Gasteiger partial charge on any atom is 0.341 e. The first kappa shape index (κ1) is 21.1. The highest BCUT2D eigenvalue weighted by Crippen LogP contribution is 2.35. The van der Waals surface area contributed by atoms with E-state index in [2.05, 4.69) is 15.0 Å². The van der Waals surface area contributed by atoms with Crippen LogP contribution in [0.3, 0.4) is 0 Å². The second-order valence-electron chi connectivity index (χ2n) is 6.15. The Morgan fingerprint density at radius 3 is 2.47 bits per heavy atom. The van der Waals surface area contributed by atoms with Crippen molar-refractivity contribution in [2.24, 2.45) is 0 Å². The number of ether oxygens (including phenoxy) is 3. The number of methoxy groups -OCH3 is 3. The fourth-order valence-electron chi connectivity index (χ4n) is 2.80. The van der Waals surface area contributed by atoms with Crippen LogP contribution in [0.4, 0.5) is 5.69 Å². The van der Waals surface area contributed by atoms with Crippen LogP contribution in [0.15, 0.2) is 36.4 Å². The van der Waals surface area contributed by atoms with E-state index in [4.69, 9.17) is 9.47 Å². The number of aromatic hydroxyl groups is 1. The molecule has 0 atom stereocenters. The van der Waals surface area contributed by atoms with Crippen LogP contribution in [-0.2, 0) is 4.74 Å². The number of aromatic nitrogens is 1. The zero-order valence-electron chi connectivity index (χ0n) is 16.8. The monoisotopic (exact) mass is 428 g/mol. The van der Waals surface area contributed by atoms with E-state index in [1.54, 1.807) is 33.3 Å². The molecule has 3 rings (SSSR count). The molecule has 0 bridgehead atoms. The second kappa shape index (κ2) is 8.83. The molecule has 30 heavy (non-hydrogen) atoms. The molecule has 0 radical (unpaired) electrons. The number of para-hydroxylation sites is 1. The lowest BCUT2D eigenvalue weighted by Crippen LogP contribution is -2.12. The molecule has 2 aromatic carbocycles. The minimum Gasteiger partial charge on any atom is -0.505 e. The summed E-state index contributed by atoms with van der Waals surface area (Å²) in [5, 5.41) is 13.5. The third-order valence-corrected chi connectivity index (χ3v) is 5.53. The van der Waals surface area contributed by atoms with Crippen LogP contribution < -0.4 is 14.8 Å². The van der Waals surface area contributed by atoms with E-state index in [1.165, 1.54) is 36.6 Å². The molecule has 0 saturated heterocycles. The Kier molecular flexibility index (Phi) is 6.22. The van der Waals surface area contributed by atoms with Gasteiger partial charge in [0.15, 0.2) is 17.2 Å². The van der Waals surface area contributed by atoms with Crippen LogP contribution in [0, 0.1) is 6.92 Å². The van der Waals surface area contributed by atoms with Gasteiger partial charge in [-0.3, -0.25) is 4.79 Å². The Balaban J connectivity index is 1.89. The van der Waals surface area contributed by atoms with Gasteiger partial charge in [0.05, 0.1) is 32.7 Å². The first-order chi connectivity index (χ1) is 14.4. The van der Waals surface area contributed by atoms with Crippen molar-refractivity contribution in [3.8, 4) is 27.8 Å². The summed E-state index contributed by atoms with van der Waals surface area (Å²) in [5.74, 6) is -0.366. The van der Waals surface area contributed by atoms with E-state index in [0.717, 1.165) is 5.56 Å². The predicted octanol–water partition coefficient (Wildman–Crippen LogP) is 3.88. The number of anilines is 1. The Morgan fingerprint density at radius 1 is 1.07 bits per heavy atom. The number of esters is 1. The highest BCUT2D eigenvalue weighted by molar-refractivity contribution is 7.17. The number of nitrogens with zero attached hydrogens (tertiary/aromatic N) is 1. The molecule has 0 saturated carbocycles. The number of hydrogen-bond acceptors (Lipinski definition) is 8. The van der Waals surface area contributed by atoms with E-state index in [-0.39, 0.29) is 17.0 Å². The number of carbonyl (C=O) groups excluding carboxylic acids is 2. The average molecular weight is 428 g/mol. The van der Waals surface area contributed by atoms with Crippen LogP contribution in [0.5, 0.6) is 17.2 Å². The Hall–Kier alpha value is -3.59. The van der Waals surface area contributed by atoms with Crippen molar-refractivity contribution in [2.45, 2.75) is 6.92 Å². The Morgan fingerprint density at radius 2 is 1.80 bits per heavy atom. The molecule has 0 aliphatic rings. The van der Waals surface area contributed by atoms with Gasteiger partial charge in [0.25, 0.3) is 5.91 Å². The molecular formula is C21H20N2O6S. The highest BCUT2D eigenvalue weighted by atomic mass is 32.1. The van der Waals surface area contributed by atoms with Gasteiger partial charge in [-0.1, -0.05) is 6.07 Å². The lowest BCUT2D eigenvalue weighted by atomic mass is 10.1. The van der Waals surface area contributed by atoms with Crippen molar-refractivity contribution >= 4 is 28.9 Å². The number of phenolic OH excluding ortho intramolecular Hbond substituents is 1. The van der Waals surface area contributed by atoms with E-state index in [0.29, 0.717) is 27.1 Å². The molecule has 0 unspecified atom stereocenters. The molecule has 1 aromatic heterocycles. The molecule has 3 aromatic rings. The third-order valence-electron chi connectivity index (χ3n) is 4.32. The molecular weight excluding hydrogens is 408 g/mol. The molecule has 156 valence electrons. The standard InChI is InChI=1S/C21H20N2O6S/c1-11-18(19(25)23-14-7-5-6-13(17(14)24)21(26)29-4)30-20(22-11)12-8-9-15(27-2)16(10-12)28-3/h5-10,24H,1-4H3,(H,23,25). The summed E-state index contributed by atoms with van der Waals surface area (Å²) < 4.78 is 15.2. The molecule has 1 heterocycles. The van der Waals surface area contributed by atoms with Gasteiger partial charge in [0, 0.05) is 5.56 Å². The van der Waals surface area contributed by atoms with Gasteiger partial charge in [-0.25, -0.2) is 9.78 Å². The van der Waals surface area contributed by atoms with Crippen LogP contribution in [0.2, 0.25) is 0 Å². The number of thiazole rings is 1. The van der Waals surface area contributed by atoms with Crippen molar-refractivity contribution in [1.29, 1.82) is 0 Å². The lowest BCUT2D eigenvalue weighted by molar-refractivity contribution is 0.0597. The lowest BCUT2D eigenvalue weighted by Gasteiger charge is -2.09. The number of amides is 1. The molecule has 0 spiro atoms. The summed E-state index contributed by atoms with van der Waals surface area (Å²) in [5.41, 5.74) is 1.37. The highest BCUT2D eigenvalue weighted by Gasteiger charge is 2.20. The molecule has 0 fully saturated rings. The van der Waals surface area contributed by atoms with Crippen molar-refractivity contribution in [1.82, 2.24) is 4.98 Å². The molecule has 9 heteroatoms. The second-order valence-corrected chi connectivity index (χ2v) is 7.15. The van der Waals surface area contributed by atoms with Gasteiger partial charge in [0.2, 0.25) is 0 Å².